The molecule has 1 nitrogen and oxygen atoms in total. The number of carbonyl (C=O) groups is 1. The van der Waals surface area contributed by atoms with Crippen LogP contribution in [0.1, 0.15) is 61.3 Å². The molecule has 88 valence electrons. The fraction of sp³-hybridized carbons (Fsp3) is 0.929. The van der Waals surface area contributed by atoms with Crippen molar-refractivity contribution in [1.82, 2.24) is 0 Å². The first-order valence-corrected chi connectivity index (χ1v) is 6.23. The average molecular weight is 210 g/mol. The highest BCUT2D eigenvalue weighted by molar-refractivity contribution is 5.85. The molecule has 0 N–H and O–H groups in total. The van der Waals surface area contributed by atoms with Crippen LogP contribution in [0.3, 0.4) is 0 Å². The molecule has 0 aliphatic heterocycles. The van der Waals surface area contributed by atoms with Gasteiger partial charge in [0.15, 0.2) is 0 Å². The predicted octanol–water partition coefficient (Wildman–Crippen LogP) is 4.06. The van der Waals surface area contributed by atoms with Crippen LogP contribution in [0.2, 0.25) is 0 Å². The Hall–Kier alpha value is -0.330. The molecule has 1 aliphatic rings. The minimum absolute atomic E-state index is 0.167. The molecule has 0 saturated heterocycles. The summed E-state index contributed by atoms with van der Waals surface area (Å²) in [7, 11) is 0. The van der Waals surface area contributed by atoms with Crippen molar-refractivity contribution in [3.63, 3.8) is 0 Å². The molecule has 1 fully saturated rings. The van der Waals surface area contributed by atoms with Gasteiger partial charge in [0.25, 0.3) is 0 Å². The van der Waals surface area contributed by atoms with Crippen molar-refractivity contribution in [2.75, 3.05) is 0 Å². The lowest BCUT2D eigenvalue weighted by Gasteiger charge is -2.36. The molecule has 2 unspecified atom stereocenters. The van der Waals surface area contributed by atoms with Crippen LogP contribution in [0.25, 0.3) is 0 Å². The summed E-state index contributed by atoms with van der Waals surface area (Å²) in [5.41, 5.74) is 0.364. The number of hydrogen-bond donors (Lipinski definition) is 0. The second-order valence-electron chi connectivity index (χ2n) is 6.17. The van der Waals surface area contributed by atoms with Gasteiger partial charge in [-0.1, -0.05) is 48.5 Å². The van der Waals surface area contributed by atoms with Gasteiger partial charge in [-0.15, -0.1) is 0 Å². The van der Waals surface area contributed by atoms with Gasteiger partial charge in [-0.3, -0.25) is 4.79 Å². The van der Waals surface area contributed by atoms with Gasteiger partial charge in [-0.25, -0.2) is 0 Å². The van der Waals surface area contributed by atoms with E-state index < -0.39 is 0 Å². The molecule has 1 saturated carbocycles. The van der Waals surface area contributed by atoms with Crippen molar-refractivity contribution < 1.29 is 4.79 Å². The molecule has 1 rings (SSSR count). The molecule has 1 aliphatic carbocycles. The van der Waals surface area contributed by atoms with E-state index in [1.165, 1.54) is 0 Å². The van der Waals surface area contributed by atoms with Gasteiger partial charge >= 0.3 is 0 Å². The van der Waals surface area contributed by atoms with E-state index in [0.717, 1.165) is 6.42 Å². The standard InChI is InChI=1S/C14H26O/c1-8-11(15)13(6,7)14(9-2)10(3)12(14,4)5/h10H,8-9H2,1-7H3. The lowest BCUT2D eigenvalue weighted by molar-refractivity contribution is -0.131. The van der Waals surface area contributed by atoms with Gasteiger partial charge < -0.3 is 0 Å². The van der Waals surface area contributed by atoms with Gasteiger partial charge in [0, 0.05) is 11.8 Å². The second-order valence-corrected chi connectivity index (χ2v) is 6.17. The van der Waals surface area contributed by atoms with Crippen LogP contribution in [-0.4, -0.2) is 5.78 Å². The van der Waals surface area contributed by atoms with E-state index in [1.807, 2.05) is 6.92 Å². The molecule has 0 bridgehead atoms. The Balaban J connectivity index is 3.11. The SMILES string of the molecule is CCC(=O)C(C)(C)C1(CC)C(C)C1(C)C. The van der Waals surface area contributed by atoms with Crippen molar-refractivity contribution in [3.8, 4) is 0 Å². The first-order valence-electron chi connectivity index (χ1n) is 6.23. The van der Waals surface area contributed by atoms with Crippen LogP contribution in [0.15, 0.2) is 0 Å². The molecule has 0 amide bonds. The zero-order valence-electron chi connectivity index (χ0n) is 11.4. The quantitative estimate of drug-likeness (QED) is 0.683. The number of hydrogen-bond acceptors (Lipinski definition) is 1. The first-order chi connectivity index (χ1) is 6.70. The molecular weight excluding hydrogens is 184 g/mol. The third-order valence-corrected chi connectivity index (χ3v) is 5.58. The van der Waals surface area contributed by atoms with Crippen molar-refractivity contribution in [2.24, 2.45) is 22.2 Å². The van der Waals surface area contributed by atoms with Gasteiger partial charge in [-0.2, -0.15) is 0 Å². The molecule has 0 aromatic carbocycles. The highest BCUT2D eigenvalue weighted by Crippen LogP contribution is 2.77. The first kappa shape index (κ1) is 12.7. The second kappa shape index (κ2) is 3.33. The van der Waals surface area contributed by atoms with E-state index in [-0.39, 0.29) is 10.8 Å². The van der Waals surface area contributed by atoms with Crippen LogP contribution < -0.4 is 0 Å². The highest BCUT2D eigenvalue weighted by atomic mass is 16.1. The normalized spacial score (nSPS) is 33.9. The highest BCUT2D eigenvalue weighted by Gasteiger charge is 2.74. The minimum Gasteiger partial charge on any atom is -0.299 e. The summed E-state index contributed by atoms with van der Waals surface area (Å²) in [6.07, 6.45) is 1.78. The summed E-state index contributed by atoms with van der Waals surface area (Å²) in [5, 5.41) is 0. The van der Waals surface area contributed by atoms with Gasteiger partial charge in [0.2, 0.25) is 0 Å². The molecule has 2 atom stereocenters. The van der Waals surface area contributed by atoms with Gasteiger partial charge in [0.1, 0.15) is 5.78 Å². The van der Waals surface area contributed by atoms with E-state index in [0.29, 0.717) is 23.5 Å². The van der Waals surface area contributed by atoms with Crippen LogP contribution in [-0.2, 0) is 4.79 Å². The Kier molecular flexibility index (Phi) is 2.83. The molecule has 0 aromatic heterocycles. The van der Waals surface area contributed by atoms with Gasteiger partial charge in [-0.05, 0) is 23.2 Å². The summed E-state index contributed by atoms with van der Waals surface area (Å²) < 4.78 is 0. The van der Waals surface area contributed by atoms with Crippen molar-refractivity contribution in [3.05, 3.63) is 0 Å². The van der Waals surface area contributed by atoms with Crippen LogP contribution in [0, 0.1) is 22.2 Å². The number of ketones is 1. The molecule has 0 heterocycles. The summed E-state index contributed by atoms with van der Waals surface area (Å²) in [6.45, 7) is 15.4. The largest absolute Gasteiger partial charge is 0.299 e. The third-order valence-electron chi connectivity index (χ3n) is 5.58. The molecule has 0 spiro atoms. The van der Waals surface area contributed by atoms with Crippen LogP contribution in [0.4, 0.5) is 0 Å². The fourth-order valence-corrected chi connectivity index (χ4v) is 4.37. The van der Waals surface area contributed by atoms with E-state index in [2.05, 4.69) is 41.5 Å². The molecule has 0 aromatic rings. The van der Waals surface area contributed by atoms with E-state index in [4.69, 9.17) is 0 Å². The zero-order valence-corrected chi connectivity index (χ0v) is 11.4. The molecular formula is C14H26O. The topological polar surface area (TPSA) is 17.1 Å². The Labute approximate surface area is 94.6 Å². The Morgan fingerprint density at radius 1 is 1.27 bits per heavy atom. The van der Waals surface area contributed by atoms with E-state index in [9.17, 15) is 4.79 Å². The summed E-state index contributed by atoms with van der Waals surface area (Å²) >= 11 is 0. The van der Waals surface area contributed by atoms with Gasteiger partial charge in [0.05, 0.1) is 0 Å². The van der Waals surface area contributed by atoms with Crippen LogP contribution >= 0.6 is 0 Å². The smallest absolute Gasteiger partial charge is 0.138 e. The lowest BCUT2D eigenvalue weighted by Crippen LogP contribution is -2.37. The monoisotopic (exact) mass is 210 g/mol. The zero-order chi connectivity index (χ0) is 12.1. The number of carbonyl (C=O) groups excluding carboxylic acids is 1. The number of Topliss-reactive ketones (excluding diaryl/α,β-unsaturated/α-hetero) is 1. The Bertz CT molecular complexity index is 275. The summed E-state index contributed by atoms with van der Waals surface area (Å²) in [5.74, 6) is 1.07. The summed E-state index contributed by atoms with van der Waals surface area (Å²) in [6, 6.07) is 0. The third kappa shape index (κ3) is 1.24. The lowest BCUT2D eigenvalue weighted by atomic mass is 9.66. The fourth-order valence-electron chi connectivity index (χ4n) is 4.37. The van der Waals surface area contributed by atoms with Crippen molar-refractivity contribution in [2.45, 2.75) is 61.3 Å². The average Bonchev–Trinajstić information content (AvgIpc) is 2.61. The molecule has 0 radical (unpaired) electrons. The predicted molar refractivity (Wildman–Crippen MR) is 64.7 cm³/mol. The number of rotatable bonds is 4. The van der Waals surface area contributed by atoms with Crippen molar-refractivity contribution in [1.29, 1.82) is 0 Å². The van der Waals surface area contributed by atoms with E-state index >= 15 is 0 Å². The maximum atomic E-state index is 12.1. The minimum atomic E-state index is -0.167. The summed E-state index contributed by atoms with van der Waals surface area (Å²) in [4.78, 5) is 12.1. The van der Waals surface area contributed by atoms with Crippen LogP contribution in [0.5, 0.6) is 0 Å². The van der Waals surface area contributed by atoms with E-state index in [1.54, 1.807) is 0 Å². The molecule has 1 heteroatoms. The van der Waals surface area contributed by atoms with Crippen molar-refractivity contribution >= 4 is 5.78 Å². The maximum Gasteiger partial charge on any atom is 0.138 e. The Morgan fingerprint density at radius 3 is 1.87 bits per heavy atom. The maximum absolute atomic E-state index is 12.1. The molecule has 15 heavy (non-hydrogen) atoms. The Morgan fingerprint density at radius 2 is 1.67 bits per heavy atom.